The van der Waals surface area contributed by atoms with Gasteiger partial charge in [0.25, 0.3) is 0 Å². The second-order valence-corrected chi connectivity index (χ2v) is 6.83. The first-order valence-electron chi connectivity index (χ1n) is 8.25. The molecule has 1 aromatic carbocycles. The van der Waals surface area contributed by atoms with Crippen LogP contribution in [0.3, 0.4) is 0 Å². The molecule has 1 fully saturated rings. The van der Waals surface area contributed by atoms with Crippen LogP contribution in [0.15, 0.2) is 24.3 Å². The molecule has 0 spiro atoms. The van der Waals surface area contributed by atoms with Crippen molar-refractivity contribution in [3.8, 4) is 0 Å². The maximum Gasteiger partial charge on any atom is 0.144 e. The van der Waals surface area contributed by atoms with Crippen molar-refractivity contribution in [1.82, 2.24) is 9.80 Å². The van der Waals surface area contributed by atoms with E-state index < -0.39 is 0 Å². The summed E-state index contributed by atoms with van der Waals surface area (Å²) >= 11 is 5.98. The van der Waals surface area contributed by atoms with Crippen LogP contribution in [0.4, 0.5) is 0 Å². The van der Waals surface area contributed by atoms with Gasteiger partial charge in [-0.15, -0.1) is 0 Å². The zero-order valence-corrected chi connectivity index (χ0v) is 14.6. The number of likely N-dealkylation sites (N-methyl/N-ethyl adjacent to an activating group) is 1. The van der Waals surface area contributed by atoms with Crippen molar-refractivity contribution >= 4 is 17.4 Å². The summed E-state index contributed by atoms with van der Waals surface area (Å²) in [6, 6.07) is 7.75. The monoisotopic (exact) mass is 322 g/mol. The number of hydrogen-bond acceptors (Lipinski definition) is 3. The summed E-state index contributed by atoms with van der Waals surface area (Å²) < 4.78 is 0. The van der Waals surface area contributed by atoms with Crippen molar-refractivity contribution in [3.63, 3.8) is 0 Å². The highest BCUT2D eigenvalue weighted by atomic mass is 35.5. The number of benzene rings is 1. The Morgan fingerprint density at radius 2 is 1.64 bits per heavy atom. The fraction of sp³-hybridized carbons (Fsp3) is 0.611. The summed E-state index contributed by atoms with van der Waals surface area (Å²) in [5.41, 5.74) is 1.08. The van der Waals surface area contributed by atoms with E-state index in [1.165, 1.54) is 0 Å². The second-order valence-electron chi connectivity index (χ2n) is 6.40. The predicted octanol–water partition coefficient (Wildman–Crippen LogP) is 3.29. The first-order chi connectivity index (χ1) is 10.5. The smallest absolute Gasteiger partial charge is 0.144 e. The van der Waals surface area contributed by atoms with Crippen LogP contribution in [0, 0.1) is 5.92 Å². The molecule has 1 saturated heterocycles. The molecule has 0 aliphatic carbocycles. The van der Waals surface area contributed by atoms with E-state index in [0.717, 1.165) is 49.9 Å². The van der Waals surface area contributed by atoms with Crippen LogP contribution in [0.5, 0.6) is 0 Å². The van der Waals surface area contributed by atoms with Crippen LogP contribution < -0.4 is 0 Å². The van der Waals surface area contributed by atoms with E-state index in [0.29, 0.717) is 5.78 Å². The molecule has 0 radical (unpaired) electrons. The van der Waals surface area contributed by atoms with E-state index in [4.69, 9.17) is 11.6 Å². The summed E-state index contributed by atoms with van der Waals surface area (Å²) in [7, 11) is 0. The first-order valence-corrected chi connectivity index (χ1v) is 8.63. The van der Waals surface area contributed by atoms with Crippen LogP contribution >= 0.6 is 11.6 Å². The third-order valence-electron chi connectivity index (χ3n) is 4.54. The zero-order chi connectivity index (χ0) is 16.1. The Labute approximate surface area is 139 Å². The quantitative estimate of drug-likeness (QED) is 0.803. The van der Waals surface area contributed by atoms with Crippen LogP contribution in [0.2, 0.25) is 5.02 Å². The van der Waals surface area contributed by atoms with Crippen molar-refractivity contribution < 1.29 is 4.79 Å². The van der Waals surface area contributed by atoms with E-state index in [1.807, 2.05) is 38.1 Å². The zero-order valence-electron chi connectivity index (χ0n) is 13.9. The van der Waals surface area contributed by atoms with Crippen LogP contribution in [0.1, 0.15) is 32.3 Å². The van der Waals surface area contributed by atoms with Crippen molar-refractivity contribution in [1.29, 1.82) is 0 Å². The van der Waals surface area contributed by atoms with E-state index in [9.17, 15) is 4.79 Å². The van der Waals surface area contributed by atoms with E-state index in [-0.39, 0.29) is 11.8 Å². The van der Waals surface area contributed by atoms with E-state index >= 15 is 0 Å². The fourth-order valence-corrected chi connectivity index (χ4v) is 3.13. The molecule has 1 aliphatic rings. The minimum Gasteiger partial charge on any atom is -0.301 e. The lowest BCUT2D eigenvalue weighted by molar-refractivity contribution is -0.124. The standard InChI is InChI=1S/C18H27ClN2O/c1-4-20-9-11-21(12-10-20)13-17(18(22)14(2)3)15-5-7-16(19)8-6-15/h5-8,14,17H,4,9-13H2,1-3H3. The van der Waals surface area contributed by atoms with Gasteiger partial charge in [0, 0.05) is 43.7 Å². The SMILES string of the molecule is CCN1CCN(CC(C(=O)C(C)C)c2ccc(Cl)cc2)CC1. The molecule has 3 nitrogen and oxygen atoms in total. The molecular formula is C18H27ClN2O. The third-order valence-corrected chi connectivity index (χ3v) is 4.79. The summed E-state index contributed by atoms with van der Waals surface area (Å²) in [4.78, 5) is 17.5. The number of piperazine rings is 1. The van der Waals surface area contributed by atoms with Crippen molar-refractivity contribution in [3.05, 3.63) is 34.9 Å². The molecule has 0 saturated carbocycles. The summed E-state index contributed by atoms with van der Waals surface area (Å²) in [6.45, 7) is 12.4. The van der Waals surface area contributed by atoms with Crippen LogP contribution in [-0.2, 0) is 4.79 Å². The van der Waals surface area contributed by atoms with Gasteiger partial charge in [-0.05, 0) is 24.2 Å². The summed E-state index contributed by atoms with van der Waals surface area (Å²) in [5.74, 6) is 0.322. The topological polar surface area (TPSA) is 23.6 Å². The fourth-order valence-electron chi connectivity index (χ4n) is 3.00. The molecule has 1 atom stereocenters. The molecule has 2 rings (SSSR count). The summed E-state index contributed by atoms with van der Waals surface area (Å²) in [5, 5.41) is 0.719. The lowest BCUT2D eigenvalue weighted by Crippen LogP contribution is -2.48. The number of rotatable bonds is 6. The van der Waals surface area contributed by atoms with Crippen molar-refractivity contribution in [2.45, 2.75) is 26.7 Å². The minimum absolute atomic E-state index is 0.0505. The molecule has 22 heavy (non-hydrogen) atoms. The molecule has 4 heteroatoms. The maximum atomic E-state index is 12.7. The number of hydrogen-bond donors (Lipinski definition) is 0. The van der Waals surface area contributed by atoms with Crippen molar-refractivity contribution in [2.24, 2.45) is 5.92 Å². The molecule has 0 N–H and O–H groups in total. The lowest BCUT2D eigenvalue weighted by Gasteiger charge is -2.36. The Hall–Kier alpha value is -0.900. The second kappa shape index (κ2) is 8.09. The van der Waals surface area contributed by atoms with Gasteiger partial charge in [0.15, 0.2) is 0 Å². The number of Topliss-reactive ketones (excluding diaryl/α,β-unsaturated/α-hetero) is 1. The molecular weight excluding hydrogens is 296 g/mol. The average molecular weight is 323 g/mol. The molecule has 0 amide bonds. The Balaban J connectivity index is 2.08. The van der Waals surface area contributed by atoms with Gasteiger partial charge in [-0.1, -0.05) is 44.5 Å². The molecule has 1 unspecified atom stereocenters. The Morgan fingerprint density at radius 3 is 2.14 bits per heavy atom. The lowest BCUT2D eigenvalue weighted by atomic mass is 9.88. The normalized spacial score (nSPS) is 18.6. The molecule has 1 heterocycles. The van der Waals surface area contributed by atoms with Gasteiger partial charge in [-0.3, -0.25) is 9.69 Å². The minimum atomic E-state index is -0.0505. The van der Waals surface area contributed by atoms with E-state index in [2.05, 4.69) is 16.7 Å². The Kier molecular flexibility index (Phi) is 6.42. The Bertz CT molecular complexity index is 478. The highest BCUT2D eigenvalue weighted by molar-refractivity contribution is 6.30. The summed E-state index contributed by atoms with van der Waals surface area (Å²) in [6.07, 6.45) is 0. The number of halogens is 1. The largest absolute Gasteiger partial charge is 0.301 e. The number of nitrogens with zero attached hydrogens (tertiary/aromatic N) is 2. The van der Waals surface area contributed by atoms with Gasteiger partial charge in [-0.25, -0.2) is 0 Å². The maximum absolute atomic E-state index is 12.7. The van der Waals surface area contributed by atoms with Crippen molar-refractivity contribution in [2.75, 3.05) is 39.3 Å². The Morgan fingerprint density at radius 1 is 1.09 bits per heavy atom. The highest BCUT2D eigenvalue weighted by Gasteiger charge is 2.27. The third kappa shape index (κ3) is 4.55. The molecule has 122 valence electrons. The van der Waals surface area contributed by atoms with Gasteiger partial charge in [0.05, 0.1) is 5.92 Å². The highest BCUT2D eigenvalue weighted by Crippen LogP contribution is 2.24. The van der Waals surface area contributed by atoms with Gasteiger partial charge in [0.1, 0.15) is 5.78 Å². The number of ketones is 1. The molecule has 0 bridgehead atoms. The number of carbonyl (C=O) groups is 1. The number of carbonyl (C=O) groups excluding carboxylic acids is 1. The average Bonchev–Trinajstić information content (AvgIpc) is 2.53. The first kappa shape index (κ1) is 17.5. The predicted molar refractivity (Wildman–Crippen MR) is 92.6 cm³/mol. The van der Waals surface area contributed by atoms with Crippen LogP contribution in [0.25, 0.3) is 0 Å². The van der Waals surface area contributed by atoms with Gasteiger partial charge < -0.3 is 4.90 Å². The van der Waals surface area contributed by atoms with Gasteiger partial charge in [0.2, 0.25) is 0 Å². The molecule has 1 aliphatic heterocycles. The van der Waals surface area contributed by atoms with Crippen LogP contribution in [-0.4, -0.2) is 54.9 Å². The van der Waals surface area contributed by atoms with Gasteiger partial charge >= 0.3 is 0 Å². The van der Waals surface area contributed by atoms with Gasteiger partial charge in [-0.2, -0.15) is 0 Å². The molecule has 1 aromatic rings. The molecule has 0 aromatic heterocycles. The van der Waals surface area contributed by atoms with E-state index in [1.54, 1.807) is 0 Å².